The van der Waals surface area contributed by atoms with Crippen LogP contribution in [-0.4, -0.2) is 25.5 Å². The molecular weight excluding hydrogens is 296 g/mol. The van der Waals surface area contributed by atoms with Gasteiger partial charge in [0.2, 0.25) is 5.91 Å². The number of piperidine rings is 1. The predicted molar refractivity (Wildman–Crippen MR) is 94.6 cm³/mol. The van der Waals surface area contributed by atoms with Crippen molar-refractivity contribution < 1.29 is 4.79 Å². The van der Waals surface area contributed by atoms with E-state index in [9.17, 15) is 4.79 Å². The summed E-state index contributed by atoms with van der Waals surface area (Å²) >= 11 is 0. The Balaban J connectivity index is 0.00000242. The first-order valence-corrected chi connectivity index (χ1v) is 8.10. The fraction of sp³-hybridized carbons (Fsp3) is 0.611. The van der Waals surface area contributed by atoms with Gasteiger partial charge in [0, 0.05) is 13.0 Å². The van der Waals surface area contributed by atoms with Crippen molar-refractivity contribution >= 4 is 18.3 Å². The molecule has 1 aliphatic heterocycles. The smallest absolute Gasteiger partial charge is 0.220 e. The summed E-state index contributed by atoms with van der Waals surface area (Å²) in [5, 5.41) is 6.49. The third kappa shape index (κ3) is 6.37. The molecule has 1 aromatic carbocycles. The third-order valence-corrected chi connectivity index (χ3v) is 4.51. The van der Waals surface area contributed by atoms with Gasteiger partial charge in [0.05, 0.1) is 0 Å². The molecule has 124 valence electrons. The van der Waals surface area contributed by atoms with Crippen molar-refractivity contribution in [2.45, 2.75) is 46.0 Å². The van der Waals surface area contributed by atoms with Crippen LogP contribution in [0.25, 0.3) is 0 Å². The number of carbonyl (C=O) groups excluding carboxylic acids is 1. The molecule has 0 atom stereocenters. The maximum absolute atomic E-state index is 11.9. The molecule has 0 unspecified atom stereocenters. The van der Waals surface area contributed by atoms with Gasteiger partial charge in [-0.05, 0) is 56.7 Å². The van der Waals surface area contributed by atoms with Crippen molar-refractivity contribution in [2.24, 2.45) is 5.41 Å². The van der Waals surface area contributed by atoms with Crippen LogP contribution >= 0.6 is 12.4 Å². The Kier molecular flexibility index (Phi) is 7.91. The zero-order valence-corrected chi connectivity index (χ0v) is 14.6. The van der Waals surface area contributed by atoms with Crippen molar-refractivity contribution in [2.75, 3.05) is 19.6 Å². The van der Waals surface area contributed by atoms with Crippen molar-refractivity contribution in [3.8, 4) is 0 Å². The number of carbonyl (C=O) groups is 1. The van der Waals surface area contributed by atoms with Crippen LogP contribution in [0.4, 0.5) is 0 Å². The molecule has 22 heavy (non-hydrogen) atoms. The molecule has 0 aromatic heterocycles. The Hall–Kier alpha value is -1.06. The molecule has 0 saturated carbocycles. The highest BCUT2D eigenvalue weighted by Crippen LogP contribution is 2.26. The van der Waals surface area contributed by atoms with Crippen LogP contribution in [0.1, 0.15) is 43.7 Å². The minimum Gasteiger partial charge on any atom is -0.356 e. The van der Waals surface area contributed by atoms with E-state index in [0.29, 0.717) is 6.42 Å². The van der Waals surface area contributed by atoms with Crippen LogP contribution in [0.2, 0.25) is 0 Å². The number of benzene rings is 1. The van der Waals surface area contributed by atoms with E-state index in [2.05, 4.69) is 48.7 Å². The van der Waals surface area contributed by atoms with Gasteiger partial charge in [-0.3, -0.25) is 4.79 Å². The first-order chi connectivity index (χ1) is 10.1. The molecular formula is C18H29ClN2O. The van der Waals surface area contributed by atoms with Crippen LogP contribution in [0.3, 0.4) is 0 Å². The van der Waals surface area contributed by atoms with E-state index in [-0.39, 0.29) is 23.7 Å². The summed E-state index contributed by atoms with van der Waals surface area (Å²) in [5.74, 6) is 0.196. The van der Waals surface area contributed by atoms with Gasteiger partial charge in [-0.15, -0.1) is 12.4 Å². The summed E-state index contributed by atoms with van der Waals surface area (Å²) in [5.41, 5.74) is 2.88. The second kappa shape index (κ2) is 9.16. The number of hydrogen-bond donors (Lipinski definition) is 2. The van der Waals surface area contributed by atoms with Gasteiger partial charge in [0.25, 0.3) is 0 Å². The lowest BCUT2D eigenvalue weighted by molar-refractivity contribution is -0.121. The van der Waals surface area contributed by atoms with Gasteiger partial charge in [0.1, 0.15) is 0 Å². The number of hydrogen-bond acceptors (Lipinski definition) is 2. The maximum Gasteiger partial charge on any atom is 0.220 e. The number of halogens is 1. The lowest BCUT2D eigenvalue weighted by Gasteiger charge is -2.34. The Labute approximate surface area is 140 Å². The summed E-state index contributed by atoms with van der Waals surface area (Å²) in [6, 6.07) is 8.58. The van der Waals surface area contributed by atoms with Gasteiger partial charge in [0.15, 0.2) is 0 Å². The summed E-state index contributed by atoms with van der Waals surface area (Å²) < 4.78 is 0. The number of rotatable bonds is 6. The average Bonchev–Trinajstić information content (AvgIpc) is 2.48. The van der Waals surface area contributed by atoms with Crippen molar-refractivity contribution in [3.05, 3.63) is 35.4 Å². The Morgan fingerprint density at radius 1 is 1.23 bits per heavy atom. The van der Waals surface area contributed by atoms with Crippen molar-refractivity contribution in [3.63, 3.8) is 0 Å². The second-order valence-corrected chi connectivity index (χ2v) is 6.68. The normalized spacial score (nSPS) is 16.6. The van der Waals surface area contributed by atoms with Gasteiger partial charge in [-0.2, -0.15) is 0 Å². The zero-order chi connectivity index (χ0) is 15.1. The van der Waals surface area contributed by atoms with Crippen LogP contribution in [-0.2, 0) is 11.2 Å². The lowest BCUT2D eigenvalue weighted by Crippen LogP contribution is -2.42. The fourth-order valence-corrected chi connectivity index (χ4v) is 2.82. The highest BCUT2D eigenvalue weighted by atomic mass is 35.5. The fourth-order valence-electron chi connectivity index (χ4n) is 2.82. The first kappa shape index (κ1) is 19.0. The molecule has 1 aromatic rings. The Morgan fingerprint density at radius 3 is 2.50 bits per heavy atom. The van der Waals surface area contributed by atoms with Gasteiger partial charge < -0.3 is 10.6 Å². The topological polar surface area (TPSA) is 41.1 Å². The molecule has 4 heteroatoms. The predicted octanol–water partition coefficient (Wildman–Crippen LogP) is 3.25. The molecule has 1 saturated heterocycles. The molecule has 2 rings (SSSR count). The summed E-state index contributed by atoms with van der Waals surface area (Å²) in [6.07, 6.45) is 4.83. The van der Waals surface area contributed by atoms with E-state index in [1.807, 2.05) is 0 Å². The molecule has 0 spiro atoms. The summed E-state index contributed by atoms with van der Waals surface area (Å²) in [7, 11) is 0. The monoisotopic (exact) mass is 324 g/mol. The summed E-state index contributed by atoms with van der Waals surface area (Å²) in [6.45, 7) is 7.33. The standard InChI is InChI=1S/C18H28N2O.ClH/c1-15-6-8-16(9-7-15)4-3-5-17(21)20-14-18(2)10-12-19-13-11-18;/h6-9,19H,3-5,10-14H2,1-2H3,(H,20,21);1H. The highest BCUT2D eigenvalue weighted by molar-refractivity contribution is 5.85. The van der Waals surface area contributed by atoms with E-state index in [1.165, 1.54) is 11.1 Å². The van der Waals surface area contributed by atoms with E-state index in [0.717, 1.165) is 45.3 Å². The van der Waals surface area contributed by atoms with E-state index in [4.69, 9.17) is 0 Å². The van der Waals surface area contributed by atoms with E-state index >= 15 is 0 Å². The lowest BCUT2D eigenvalue weighted by atomic mass is 9.81. The van der Waals surface area contributed by atoms with Gasteiger partial charge in [-0.1, -0.05) is 36.8 Å². The minimum absolute atomic E-state index is 0. The van der Waals surface area contributed by atoms with Crippen LogP contribution in [0, 0.1) is 12.3 Å². The van der Waals surface area contributed by atoms with Crippen LogP contribution in [0.5, 0.6) is 0 Å². The van der Waals surface area contributed by atoms with Gasteiger partial charge >= 0.3 is 0 Å². The van der Waals surface area contributed by atoms with E-state index in [1.54, 1.807) is 0 Å². The van der Waals surface area contributed by atoms with E-state index < -0.39 is 0 Å². The molecule has 1 aliphatic rings. The average molecular weight is 325 g/mol. The molecule has 0 bridgehead atoms. The highest BCUT2D eigenvalue weighted by Gasteiger charge is 2.26. The second-order valence-electron chi connectivity index (χ2n) is 6.68. The van der Waals surface area contributed by atoms with Crippen molar-refractivity contribution in [1.29, 1.82) is 0 Å². The summed E-state index contributed by atoms with van der Waals surface area (Å²) in [4.78, 5) is 11.9. The van der Waals surface area contributed by atoms with Gasteiger partial charge in [-0.25, -0.2) is 0 Å². The number of aryl methyl sites for hydroxylation is 2. The largest absolute Gasteiger partial charge is 0.356 e. The molecule has 2 N–H and O–H groups in total. The third-order valence-electron chi connectivity index (χ3n) is 4.51. The SMILES string of the molecule is Cc1ccc(CCCC(=O)NCC2(C)CCNCC2)cc1.Cl. The minimum atomic E-state index is 0. The molecule has 1 heterocycles. The first-order valence-electron chi connectivity index (χ1n) is 8.10. The van der Waals surface area contributed by atoms with Crippen molar-refractivity contribution in [1.82, 2.24) is 10.6 Å². The number of nitrogens with one attached hydrogen (secondary N) is 2. The quantitative estimate of drug-likeness (QED) is 0.843. The molecule has 0 radical (unpaired) electrons. The molecule has 3 nitrogen and oxygen atoms in total. The van der Waals surface area contributed by atoms with Crippen LogP contribution < -0.4 is 10.6 Å². The molecule has 1 amide bonds. The Morgan fingerprint density at radius 2 is 1.86 bits per heavy atom. The molecule has 0 aliphatic carbocycles. The van der Waals surface area contributed by atoms with Crippen LogP contribution in [0.15, 0.2) is 24.3 Å². The maximum atomic E-state index is 11.9. The zero-order valence-electron chi connectivity index (χ0n) is 13.8. The number of amides is 1. The molecule has 1 fully saturated rings. The Bertz CT molecular complexity index is 453.